The molecular formula is C16H13ClNO4-. The highest BCUT2D eigenvalue weighted by Gasteiger charge is 2.65. The average molecular weight is 319 g/mol. The molecule has 3 aliphatic heterocycles. The number of ether oxygens (including phenoxy) is 1. The third-order valence-corrected chi connectivity index (χ3v) is 5.25. The number of fused-ring (bicyclic) bond motifs is 1. The van der Waals surface area contributed by atoms with Crippen molar-refractivity contribution < 1.29 is 19.4 Å². The van der Waals surface area contributed by atoms with E-state index >= 15 is 0 Å². The largest absolute Gasteiger partial charge is 0.550 e. The van der Waals surface area contributed by atoms with Crippen LogP contribution in [0.4, 0.5) is 5.69 Å². The fourth-order valence-corrected chi connectivity index (χ4v) is 3.90. The van der Waals surface area contributed by atoms with Crippen molar-refractivity contribution in [2.75, 3.05) is 11.4 Å². The lowest BCUT2D eigenvalue weighted by atomic mass is 9.77. The van der Waals surface area contributed by atoms with Gasteiger partial charge in [-0.2, -0.15) is 0 Å². The van der Waals surface area contributed by atoms with E-state index in [2.05, 4.69) is 0 Å². The Morgan fingerprint density at radius 1 is 1.50 bits per heavy atom. The van der Waals surface area contributed by atoms with Crippen molar-refractivity contribution in [3.63, 3.8) is 0 Å². The number of hydrogen-bond acceptors (Lipinski definition) is 4. The van der Waals surface area contributed by atoms with Gasteiger partial charge in [-0.25, -0.2) is 0 Å². The van der Waals surface area contributed by atoms with Gasteiger partial charge in [-0.15, -0.1) is 0 Å². The Labute approximate surface area is 132 Å². The smallest absolute Gasteiger partial charge is 0.234 e. The maximum Gasteiger partial charge on any atom is 0.234 e. The van der Waals surface area contributed by atoms with Gasteiger partial charge in [0.15, 0.2) is 0 Å². The van der Waals surface area contributed by atoms with Crippen LogP contribution in [0.1, 0.15) is 5.56 Å². The standard InChI is InChI=1S/C16H14ClNO4/c1-8-6-9(2-3-10(8)17)18-7-16-5-4-11(22-16)12(15(20)21)13(16)14(18)19/h2-6,11-13H,7H2,1H3,(H,20,21)/p-1/t11-,12+,13-,16-/m1/s1. The number of nitrogens with zero attached hydrogens (tertiary/aromatic N) is 1. The summed E-state index contributed by atoms with van der Waals surface area (Å²) in [6.45, 7) is 2.17. The minimum atomic E-state index is -1.23. The van der Waals surface area contributed by atoms with Crippen LogP contribution < -0.4 is 10.0 Å². The molecule has 0 aromatic heterocycles. The predicted octanol–water partition coefficient (Wildman–Crippen LogP) is 0.685. The summed E-state index contributed by atoms with van der Waals surface area (Å²) >= 11 is 6.02. The Kier molecular flexibility index (Phi) is 2.72. The second-order valence-electron chi connectivity index (χ2n) is 6.08. The van der Waals surface area contributed by atoms with Crippen molar-refractivity contribution in [3.05, 3.63) is 40.9 Å². The van der Waals surface area contributed by atoms with Gasteiger partial charge in [-0.3, -0.25) is 4.79 Å². The molecule has 2 bridgehead atoms. The van der Waals surface area contributed by atoms with Gasteiger partial charge in [-0.1, -0.05) is 23.8 Å². The maximum absolute atomic E-state index is 12.8. The van der Waals surface area contributed by atoms with Crippen molar-refractivity contribution in [1.82, 2.24) is 0 Å². The Bertz CT molecular complexity index is 731. The molecule has 1 aromatic carbocycles. The van der Waals surface area contributed by atoms with Crippen molar-refractivity contribution in [2.45, 2.75) is 18.6 Å². The Balaban J connectivity index is 1.74. The predicted molar refractivity (Wildman–Crippen MR) is 77.3 cm³/mol. The number of aryl methyl sites for hydroxylation is 1. The first-order valence-corrected chi connectivity index (χ1v) is 7.46. The monoisotopic (exact) mass is 318 g/mol. The van der Waals surface area contributed by atoms with Crippen molar-refractivity contribution in [2.24, 2.45) is 11.8 Å². The highest BCUT2D eigenvalue weighted by Crippen LogP contribution is 2.52. The fraction of sp³-hybridized carbons (Fsp3) is 0.375. The molecule has 1 spiro atoms. The lowest BCUT2D eigenvalue weighted by Crippen LogP contribution is -2.45. The van der Waals surface area contributed by atoms with Crippen LogP contribution in [0.15, 0.2) is 30.4 Å². The molecule has 0 N–H and O–H groups in total. The summed E-state index contributed by atoms with van der Waals surface area (Å²) in [6, 6.07) is 5.31. The molecule has 22 heavy (non-hydrogen) atoms. The molecule has 0 saturated carbocycles. The average Bonchev–Trinajstić information content (AvgIpc) is 3.10. The topological polar surface area (TPSA) is 69.7 Å². The van der Waals surface area contributed by atoms with E-state index in [1.165, 1.54) is 0 Å². The van der Waals surface area contributed by atoms with Crippen LogP contribution in [-0.2, 0) is 14.3 Å². The van der Waals surface area contributed by atoms with Crippen LogP contribution in [-0.4, -0.2) is 30.1 Å². The molecule has 4 rings (SSSR count). The first-order chi connectivity index (χ1) is 10.4. The minimum Gasteiger partial charge on any atom is -0.550 e. The summed E-state index contributed by atoms with van der Waals surface area (Å²) in [6.07, 6.45) is 2.98. The lowest BCUT2D eigenvalue weighted by Gasteiger charge is -2.24. The number of carboxylic acid groups (broad SMARTS) is 1. The van der Waals surface area contributed by atoms with E-state index in [4.69, 9.17) is 16.3 Å². The second-order valence-corrected chi connectivity index (χ2v) is 6.48. The molecule has 1 amide bonds. The quantitative estimate of drug-likeness (QED) is 0.752. The van der Waals surface area contributed by atoms with Gasteiger partial charge in [-0.05, 0) is 30.7 Å². The Hall–Kier alpha value is -1.85. The number of hydrogen-bond donors (Lipinski definition) is 0. The number of benzene rings is 1. The molecule has 3 heterocycles. The summed E-state index contributed by atoms with van der Waals surface area (Å²) in [5.41, 5.74) is 0.715. The summed E-state index contributed by atoms with van der Waals surface area (Å²) in [5.74, 6) is -3.11. The molecule has 1 aromatic rings. The Morgan fingerprint density at radius 2 is 2.27 bits per heavy atom. The SMILES string of the molecule is Cc1cc(N2C[C@@]34C=C[C@@H](O3)[C@H](C(=O)[O-])[C@@H]4C2=O)ccc1Cl. The first-order valence-electron chi connectivity index (χ1n) is 7.08. The van der Waals surface area contributed by atoms with E-state index in [0.717, 1.165) is 5.56 Å². The van der Waals surface area contributed by atoms with Crippen molar-refractivity contribution in [3.8, 4) is 0 Å². The van der Waals surface area contributed by atoms with Crippen molar-refractivity contribution >= 4 is 29.2 Å². The van der Waals surface area contributed by atoms with E-state index < -0.39 is 29.5 Å². The summed E-state index contributed by atoms with van der Waals surface area (Å²) in [5, 5.41) is 12.0. The molecule has 6 heteroatoms. The highest BCUT2D eigenvalue weighted by molar-refractivity contribution is 6.31. The van der Waals surface area contributed by atoms with E-state index in [0.29, 0.717) is 17.3 Å². The molecule has 5 nitrogen and oxygen atoms in total. The zero-order valence-corrected chi connectivity index (χ0v) is 12.5. The zero-order valence-electron chi connectivity index (χ0n) is 11.8. The van der Waals surface area contributed by atoms with Gasteiger partial charge in [0.25, 0.3) is 0 Å². The molecule has 2 fully saturated rings. The number of rotatable bonds is 2. The Morgan fingerprint density at radius 3 is 2.95 bits per heavy atom. The third-order valence-electron chi connectivity index (χ3n) is 4.83. The van der Waals surface area contributed by atoms with Crippen LogP contribution in [0.5, 0.6) is 0 Å². The van der Waals surface area contributed by atoms with Crippen LogP contribution in [0.25, 0.3) is 0 Å². The van der Waals surface area contributed by atoms with E-state index in [1.54, 1.807) is 23.1 Å². The first kappa shape index (κ1) is 13.8. The van der Waals surface area contributed by atoms with Crippen LogP contribution in [0.2, 0.25) is 5.02 Å². The number of carbonyl (C=O) groups excluding carboxylic acids is 2. The number of carbonyl (C=O) groups is 2. The third kappa shape index (κ3) is 1.63. The normalized spacial score (nSPS) is 35.3. The molecule has 3 aliphatic rings. The molecule has 0 radical (unpaired) electrons. The highest BCUT2D eigenvalue weighted by atomic mass is 35.5. The number of carboxylic acids is 1. The van der Waals surface area contributed by atoms with Gasteiger partial charge < -0.3 is 19.5 Å². The van der Waals surface area contributed by atoms with Crippen molar-refractivity contribution in [1.29, 1.82) is 0 Å². The zero-order chi connectivity index (χ0) is 15.6. The van der Waals surface area contributed by atoms with Gasteiger partial charge in [0.1, 0.15) is 5.60 Å². The molecule has 4 atom stereocenters. The number of anilines is 1. The van der Waals surface area contributed by atoms with E-state index in [9.17, 15) is 14.7 Å². The number of halogens is 1. The van der Waals surface area contributed by atoms with Gasteiger partial charge in [0, 0.05) is 22.6 Å². The number of amides is 1. The van der Waals surface area contributed by atoms with Crippen LogP contribution in [0, 0.1) is 18.8 Å². The summed E-state index contributed by atoms with van der Waals surface area (Å²) in [4.78, 5) is 25.8. The minimum absolute atomic E-state index is 0.234. The van der Waals surface area contributed by atoms with Gasteiger partial charge in [0.05, 0.1) is 18.6 Å². The molecule has 114 valence electrons. The molecule has 0 aliphatic carbocycles. The van der Waals surface area contributed by atoms with E-state index in [1.807, 2.05) is 19.1 Å². The van der Waals surface area contributed by atoms with E-state index in [-0.39, 0.29) is 5.91 Å². The summed E-state index contributed by atoms with van der Waals surface area (Å²) in [7, 11) is 0. The van der Waals surface area contributed by atoms with Gasteiger partial charge in [0.2, 0.25) is 5.91 Å². The molecular weight excluding hydrogens is 306 g/mol. The molecule has 0 unspecified atom stereocenters. The second kappa shape index (κ2) is 4.33. The van der Waals surface area contributed by atoms with Crippen LogP contribution >= 0.6 is 11.6 Å². The van der Waals surface area contributed by atoms with Gasteiger partial charge >= 0.3 is 0 Å². The summed E-state index contributed by atoms with van der Waals surface area (Å²) < 4.78 is 5.81. The fourth-order valence-electron chi connectivity index (χ4n) is 3.78. The lowest BCUT2D eigenvalue weighted by molar-refractivity contribution is -0.313. The maximum atomic E-state index is 12.8. The number of aliphatic carboxylic acids is 1. The van der Waals surface area contributed by atoms with Crippen LogP contribution in [0.3, 0.4) is 0 Å². The molecule has 2 saturated heterocycles.